The standard InChI is InChI=1S/C15H25N5/c1-12(2)9-16-10-15-17-6-8-19(15)11-14-5-7-20(18-14)13(3)4/h5-8,12-13,16H,9-11H2,1-4H3. The van der Waals surface area contributed by atoms with Gasteiger partial charge in [-0.05, 0) is 32.4 Å². The summed E-state index contributed by atoms with van der Waals surface area (Å²) in [5.41, 5.74) is 1.07. The van der Waals surface area contributed by atoms with Crippen LogP contribution < -0.4 is 5.32 Å². The number of hydrogen-bond acceptors (Lipinski definition) is 3. The summed E-state index contributed by atoms with van der Waals surface area (Å²) in [5, 5.41) is 8.01. The third-order valence-corrected chi connectivity index (χ3v) is 3.16. The zero-order valence-electron chi connectivity index (χ0n) is 12.9. The van der Waals surface area contributed by atoms with E-state index < -0.39 is 0 Å². The summed E-state index contributed by atoms with van der Waals surface area (Å²) in [4.78, 5) is 4.42. The molecule has 0 radical (unpaired) electrons. The van der Waals surface area contributed by atoms with Crippen LogP contribution in [0.3, 0.4) is 0 Å². The molecule has 5 nitrogen and oxygen atoms in total. The summed E-state index contributed by atoms with van der Waals surface area (Å²) in [6, 6.07) is 2.48. The molecule has 0 aliphatic rings. The van der Waals surface area contributed by atoms with Gasteiger partial charge in [0, 0.05) is 24.6 Å². The molecular formula is C15H25N5. The average Bonchev–Trinajstić information content (AvgIpc) is 2.99. The van der Waals surface area contributed by atoms with Crippen molar-refractivity contribution in [3.8, 4) is 0 Å². The Labute approximate surface area is 121 Å². The molecule has 1 N–H and O–H groups in total. The molecule has 110 valence electrons. The first-order valence-electron chi connectivity index (χ1n) is 7.31. The second kappa shape index (κ2) is 6.70. The predicted molar refractivity (Wildman–Crippen MR) is 80.5 cm³/mol. The first-order valence-corrected chi connectivity index (χ1v) is 7.31. The van der Waals surface area contributed by atoms with Gasteiger partial charge in [0.2, 0.25) is 0 Å². The molecule has 0 saturated carbocycles. The lowest BCUT2D eigenvalue weighted by atomic mass is 10.2. The number of nitrogens with zero attached hydrogens (tertiary/aromatic N) is 4. The molecule has 0 aromatic carbocycles. The van der Waals surface area contributed by atoms with E-state index in [1.807, 2.05) is 23.3 Å². The summed E-state index contributed by atoms with van der Waals surface area (Å²) in [7, 11) is 0. The van der Waals surface area contributed by atoms with Gasteiger partial charge in [0.25, 0.3) is 0 Å². The second-order valence-electron chi connectivity index (χ2n) is 5.88. The minimum absolute atomic E-state index is 0.402. The lowest BCUT2D eigenvalue weighted by molar-refractivity contribution is 0.517. The Morgan fingerprint density at radius 2 is 2.00 bits per heavy atom. The van der Waals surface area contributed by atoms with Crippen molar-refractivity contribution < 1.29 is 0 Å². The third-order valence-electron chi connectivity index (χ3n) is 3.16. The first kappa shape index (κ1) is 14.8. The molecule has 0 fully saturated rings. The maximum atomic E-state index is 4.58. The largest absolute Gasteiger partial charge is 0.328 e. The van der Waals surface area contributed by atoms with Crippen molar-refractivity contribution in [2.45, 2.75) is 46.8 Å². The van der Waals surface area contributed by atoms with Gasteiger partial charge in [-0.3, -0.25) is 4.68 Å². The van der Waals surface area contributed by atoms with Gasteiger partial charge in [0.1, 0.15) is 5.82 Å². The van der Waals surface area contributed by atoms with Crippen LogP contribution in [0.15, 0.2) is 24.7 Å². The summed E-state index contributed by atoms with van der Waals surface area (Å²) in [6.07, 6.45) is 5.90. The third kappa shape index (κ3) is 3.93. The van der Waals surface area contributed by atoms with E-state index in [0.717, 1.165) is 31.2 Å². The van der Waals surface area contributed by atoms with Gasteiger partial charge in [0.15, 0.2) is 0 Å². The molecule has 2 heterocycles. The van der Waals surface area contributed by atoms with E-state index in [4.69, 9.17) is 0 Å². The molecule has 0 unspecified atom stereocenters. The van der Waals surface area contributed by atoms with Crippen molar-refractivity contribution >= 4 is 0 Å². The maximum absolute atomic E-state index is 4.58. The number of hydrogen-bond donors (Lipinski definition) is 1. The molecular weight excluding hydrogens is 250 g/mol. The SMILES string of the molecule is CC(C)CNCc1nccn1Cc1ccn(C(C)C)n1. The van der Waals surface area contributed by atoms with E-state index in [1.54, 1.807) is 0 Å². The Balaban J connectivity index is 1.97. The highest BCUT2D eigenvalue weighted by Gasteiger charge is 2.07. The van der Waals surface area contributed by atoms with Crippen molar-refractivity contribution in [2.75, 3.05) is 6.54 Å². The highest BCUT2D eigenvalue weighted by atomic mass is 15.3. The maximum Gasteiger partial charge on any atom is 0.123 e. The molecule has 2 aromatic heterocycles. The Morgan fingerprint density at radius 3 is 2.65 bits per heavy atom. The fraction of sp³-hybridized carbons (Fsp3) is 0.600. The van der Waals surface area contributed by atoms with Crippen LogP contribution in [0.2, 0.25) is 0 Å². The van der Waals surface area contributed by atoms with Crippen molar-refractivity contribution in [3.63, 3.8) is 0 Å². The summed E-state index contributed by atoms with van der Waals surface area (Å²) in [6.45, 7) is 11.3. The van der Waals surface area contributed by atoms with Crippen LogP contribution in [-0.2, 0) is 13.1 Å². The molecule has 2 rings (SSSR count). The van der Waals surface area contributed by atoms with E-state index in [9.17, 15) is 0 Å². The lowest BCUT2D eigenvalue weighted by Crippen LogP contribution is -2.21. The van der Waals surface area contributed by atoms with Crippen LogP contribution in [0.1, 0.15) is 45.3 Å². The number of rotatable bonds is 7. The minimum Gasteiger partial charge on any atom is -0.328 e. The van der Waals surface area contributed by atoms with Crippen molar-refractivity contribution in [1.29, 1.82) is 0 Å². The molecule has 20 heavy (non-hydrogen) atoms. The van der Waals surface area contributed by atoms with Crippen molar-refractivity contribution in [2.24, 2.45) is 5.92 Å². The second-order valence-corrected chi connectivity index (χ2v) is 5.88. The molecule has 0 atom stereocenters. The molecule has 0 amide bonds. The number of aromatic nitrogens is 4. The molecule has 5 heteroatoms. The van der Waals surface area contributed by atoms with Gasteiger partial charge in [-0.1, -0.05) is 13.8 Å². The molecule has 0 spiro atoms. The normalized spacial score (nSPS) is 11.7. The minimum atomic E-state index is 0.402. The van der Waals surface area contributed by atoms with Crippen molar-refractivity contribution in [1.82, 2.24) is 24.6 Å². The quantitative estimate of drug-likeness (QED) is 0.844. The van der Waals surface area contributed by atoms with Gasteiger partial charge in [-0.2, -0.15) is 5.10 Å². The predicted octanol–water partition coefficient (Wildman–Crippen LogP) is 2.45. The highest BCUT2D eigenvalue weighted by Crippen LogP contribution is 2.07. The fourth-order valence-corrected chi connectivity index (χ4v) is 2.05. The fourth-order valence-electron chi connectivity index (χ4n) is 2.05. The van der Waals surface area contributed by atoms with Crippen LogP contribution in [0.25, 0.3) is 0 Å². The highest BCUT2D eigenvalue weighted by molar-refractivity contribution is 5.03. The van der Waals surface area contributed by atoms with Crippen molar-refractivity contribution in [3.05, 3.63) is 36.2 Å². The van der Waals surface area contributed by atoms with Crippen LogP contribution in [0, 0.1) is 5.92 Å². The Hall–Kier alpha value is -1.62. The van der Waals surface area contributed by atoms with E-state index in [1.165, 1.54) is 0 Å². The topological polar surface area (TPSA) is 47.7 Å². The molecule has 0 aliphatic heterocycles. The van der Waals surface area contributed by atoms with Gasteiger partial charge in [-0.25, -0.2) is 4.98 Å². The molecule has 0 aliphatic carbocycles. The van der Waals surface area contributed by atoms with E-state index in [2.05, 4.69) is 53.7 Å². The molecule has 0 bridgehead atoms. The zero-order valence-corrected chi connectivity index (χ0v) is 12.9. The Morgan fingerprint density at radius 1 is 1.20 bits per heavy atom. The summed E-state index contributed by atoms with van der Waals surface area (Å²) >= 11 is 0. The van der Waals surface area contributed by atoms with Crippen LogP contribution in [0.4, 0.5) is 0 Å². The zero-order chi connectivity index (χ0) is 14.5. The Kier molecular flexibility index (Phi) is 4.95. The smallest absolute Gasteiger partial charge is 0.123 e. The molecule has 2 aromatic rings. The summed E-state index contributed by atoms with van der Waals surface area (Å²) in [5.74, 6) is 1.71. The van der Waals surface area contributed by atoms with Crippen LogP contribution in [-0.4, -0.2) is 25.9 Å². The summed E-state index contributed by atoms with van der Waals surface area (Å²) < 4.78 is 4.14. The van der Waals surface area contributed by atoms with Gasteiger partial charge in [-0.15, -0.1) is 0 Å². The van der Waals surface area contributed by atoms with Gasteiger partial charge in [0.05, 0.1) is 18.8 Å². The monoisotopic (exact) mass is 275 g/mol. The lowest BCUT2D eigenvalue weighted by Gasteiger charge is -2.09. The number of imidazole rings is 1. The van der Waals surface area contributed by atoms with Crippen LogP contribution in [0.5, 0.6) is 0 Å². The van der Waals surface area contributed by atoms with Gasteiger partial charge >= 0.3 is 0 Å². The molecule has 0 saturated heterocycles. The van der Waals surface area contributed by atoms with E-state index >= 15 is 0 Å². The average molecular weight is 275 g/mol. The first-order chi connectivity index (χ1) is 9.56. The van der Waals surface area contributed by atoms with Crippen LogP contribution >= 0.6 is 0 Å². The Bertz CT molecular complexity index is 524. The van der Waals surface area contributed by atoms with E-state index in [0.29, 0.717) is 12.0 Å². The number of nitrogens with one attached hydrogen (secondary N) is 1. The van der Waals surface area contributed by atoms with E-state index in [-0.39, 0.29) is 0 Å². The van der Waals surface area contributed by atoms with Gasteiger partial charge < -0.3 is 9.88 Å².